The lowest BCUT2D eigenvalue weighted by Gasteiger charge is -2.26. The third-order valence-electron chi connectivity index (χ3n) is 14.0. The Morgan fingerprint density at radius 1 is 0.242 bits per heavy atom. The van der Waals surface area contributed by atoms with E-state index in [-0.39, 0.29) is 0 Å². The first-order chi connectivity index (χ1) is 32.7. The van der Waals surface area contributed by atoms with E-state index in [4.69, 9.17) is 4.42 Å². The first kappa shape index (κ1) is 36.7. The summed E-state index contributed by atoms with van der Waals surface area (Å²) in [5.74, 6) is 0. The molecule has 2 nitrogen and oxygen atoms in total. The van der Waals surface area contributed by atoms with Crippen LogP contribution in [-0.4, -0.2) is 0 Å². The summed E-state index contributed by atoms with van der Waals surface area (Å²) in [4.78, 5) is 2.38. The Hall–Kier alpha value is -8.72. The Bertz CT molecular complexity index is 4210. The fraction of sp³-hybridized carbons (Fsp3) is 0. The van der Waals surface area contributed by atoms with E-state index in [0.717, 1.165) is 50.1 Å². The van der Waals surface area contributed by atoms with E-state index in [9.17, 15) is 0 Å². The highest BCUT2D eigenvalue weighted by molar-refractivity contribution is 6.28. The molecule has 14 rings (SSSR count). The predicted molar refractivity (Wildman–Crippen MR) is 282 cm³/mol. The molecule has 0 saturated carbocycles. The molecule has 0 aliphatic rings. The fourth-order valence-electron chi connectivity index (χ4n) is 11.0. The summed E-state index contributed by atoms with van der Waals surface area (Å²) in [6, 6.07) is 86.4. The second-order valence-corrected chi connectivity index (χ2v) is 17.6. The maximum Gasteiger partial charge on any atom is 0.143 e. The lowest BCUT2D eigenvalue weighted by atomic mass is 9.90. The minimum absolute atomic E-state index is 0.847. The van der Waals surface area contributed by atoms with Crippen LogP contribution in [0, 0.1) is 0 Å². The Kier molecular flexibility index (Phi) is 8.02. The zero-order valence-electron chi connectivity index (χ0n) is 35.9. The summed E-state index contributed by atoms with van der Waals surface area (Å²) in [6.45, 7) is 0. The van der Waals surface area contributed by atoms with E-state index in [1.54, 1.807) is 0 Å². The molecule has 0 amide bonds. The lowest BCUT2D eigenvalue weighted by Crippen LogP contribution is -2.09. The third kappa shape index (κ3) is 5.55. The van der Waals surface area contributed by atoms with E-state index in [2.05, 4.69) is 241 Å². The van der Waals surface area contributed by atoms with Crippen molar-refractivity contribution in [2.24, 2.45) is 0 Å². The van der Waals surface area contributed by atoms with Gasteiger partial charge in [0.05, 0.1) is 0 Å². The summed E-state index contributed by atoms with van der Waals surface area (Å²) in [7, 11) is 0. The molecule has 0 aliphatic heterocycles. The zero-order chi connectivity index (χ0) is 43.3. The minimum Gasteiger partial charge on any atom is -0.455 e. The van der Waals surface area contributed by atoms with Crippen LogP contribution in [0.25, 0.3) is 120 Å². The van der Waals surface area contributed by atoms with Crippen molar-refractivity contribution in [3.63, 3.8) is 0 Å². The molecule has 0 unspecified atom stereocenters. The van der Waals surface area contributed by atoms with Crippen molar-refractivity contribution in [1.29, 1.82) is 0 Å². The highest BCUT2D eigenvalue weighted by atomic mass is 16.3. The van der Waals surface area contributed by atoms with Gasteiger partial charge in [0.15, 0.2) is 0 Å². The lowest BCUT2D eigenvalue weighted by molar-refractivity contribution is 0.670. The van der Waals surface area contributed by atoms with Gasteiger partial charge >= 0.3 is 0 Å². The molecule has 306 valence electrons. The van der Waals surface area contributed by atoms with Crippen molar-refractivity contribution in [2.75, 3.05) is 4.90 Å². The Labute approximate surface area is 380 Å². The Morgan fingerprint density at radius 3 is 1.24 bits per heavy atom. The van der Waals surface area contributed by atoms with E-state index >= 15 is 0 Å². The molecular formula is C64H39NO. The number of rotatable bonds is 5. The van der Waals surface area contributed by atoms with Gasteiger partial charge in [0.1, 0.15) is 11.2 Å². The number of benzene rings is 13. The number of hydrogen-bond donors (Lipinski definition) is 0. The van der Waals surface area contributed by atoms with E-state index in [1.807, 2.05) is 0 Å². The van der Waals surface area contributed by atoms with Gasteiger partial charge in [-0.25, -0.2) is 0 Å². The van der Waals surface area contributed by atoms with Gasteiger partial charge in [-0.05, 0) is 141 Å². The third-order valence-corrected chi connectivity index (χ3v) is 14.0. The number of hydrogen-bond acceptors (Lipinski definition) is 2. The number of fused-ring (bicyclic) bond motifs is 16. The van der Waals surface area contributed by atoms with E-state index in [1.165, 1.54) is 86.5 Å². The maximum absolute atomic E-state index is 7.20. The summed E-state index contributed by atoms with van der Waals surface area (Å²) >= 11 is 0. The molecule has 13 aromatic carbocycles. The van der Waals surface area contributed by atoms with Crippen LogP contribution < -0.4 is 4.90 Å². The van der Waals surface area contributed by atoms with E-state index < -0.39 is 0 Å². The molecule has 0 fully saturated rings. The van der Waals surface area contributed by atoms with Crippen LogP contribution in [0.3, 0.4) is 0 Å². The Morgan fingerprint density at radius 2 is 0.652 bits per heavy atom. The molecule has 0 atom stereocenters. The average Bonchev–Trinajstić information content (AvgIpc) is 3.75. The quantitative estimate of drug-likeness (QED) is 0.161. The second kappa shape index (κ2) is 14.4. The fourth-order valence-corrected chi connectivity index (χ4v) is 11.0. The first-order valence-corrected chi connectivity index (χ1v) is 22.7. The highest BCUT2D eigenvalue weighted by Crippen LogP contribution is 2.46. The summed E-state index contributed by atoms with van der Waals surface area (Å²) < 4.78 is 7.20. The molecule has 0 radical (unpaired) electrons. The van der Waals surface area contributed by atoms with Gasteiger partial charge in [0.2, 0.25) is 0 Å². The average molecular weight is 838 g/mol. The molecular weight excluding hydrogens is 799 g/mol. The number of furan rings is 1. The Balaban J connectivity index is 0.993. The molecule has 14 aromatic rings. The van der Waals surface area contributed by atoms with Crippen molar-refractivity contribution in [1.82, 2.24) is 0 Å². The largest absolute Gasteiger partial charge is 0.455 e. The van der Waals surface area contributed by atoms with Gasteiger partial charge in [-0.2, -0.15) is 0 Å². The van der Waals surface area contributed by atoms with Crippen molar-refractivity contribution in [3.8, 4) is 22.3 Å². The van der Waals surface area contributed by atoms with Crippen molar-refractivity contribution >= 4 is 114 Å². The highest BCUT2D eigenvalue weighted by Gasteiger charge is 2.21. The van der Waals surface area contributed by atoms with Gasteiger partial charge in [0.25, 0.3) is 0 Å². The van der Waals surface area contributed by atoms with Crippen molar-refractivity contribution in [3.05, 3.63) is 237 Å². The monoisotopic (exact) mass is 837 g/mol. The van der Waals surface area contributed by atoms with Gasteiger partial charge < -0.3 is 9.32 Å². The van der Waals surface area contributed by atoms with Crippen LogP contribution in [-0.2, 0) is 0 Å². The van der Waals surface area contributed by atoms with Gasteiger partial charge in [-0.15, -0.1) is 0 Å². The number of anilines is 3. The summed E-state index contributed by atoms with van der Waals surface area (Å²) in [5, 5.41) is 19.6. The zero-order valence-corrected chi connectivity index (χ0v) is 35.9. The molecule has 1 aromatic heterocycles. The van der Waals surface area contributed by atoms with Crippen LogP contribution in [0.4, 0.5) is 17.1 Å². The van der Waals surface area contributed by atoms with E-state index in [0.29, 0.717) is 0 Å². The predicted octanol–water partition coefficient (Wildman–Crippen LogP) is 18.5. The molecule has 0 bridgehead atoms. The normalized spacial score (nSPS) is 11.9. The number of nitrogens with zero attached hydrogens (tertiary/aromatic N) is 1. The summed E-state index contributed by atoms with van der Waals surface area (Å²) in [6.07, 6.45) is 0. The molecule has 0 N–H and O–H groups in total. The van der Waals surface area contributed by atoms with Crippen LogP contribution in [0.15, 0.2) is 241 Å². The van der Waals surface area contributed by atoms with Crippen LogP contribution >= 0.6 is 0 Å². The molecule has 0 aliphatic carbocycles. The first-order valence-electron chi connectivity index (χ1n) is 22.7. The summed E-state index contributed by atoms with van der Waals surface area (Å²) in [5.41, 5.74) is 9.53. The second-order valence-electron chi connectivity index (χ2n) is 17.6. The maximum atomic E-state index is 7.20. The van der Waals surface area contributed by atoms with Crippen LogP contribution in [0.5, 0.6) is 0 Å². The van der Waals surface area contributed by atoms with Gasteiger partial charge in [-0.1, -0.05) is 182 Å². The van der Waals surface area contributed by atoms with Crippen molar-refractivity contribution < 1.29 is 4.42 Å². The van der Waals surface area contributed by atoms with Crippen LogP contribution in [0.2, 0.25) is 0 Å². The van der Waals surface area contributed by atoms with Crippen molar-refractivity contribution in [2.45, 2.75) is 0 Å². The standard InChI is InChI=1S/C64H39NO/c1-2-14-40(15-3-1)41-26-29-44(30-27-41)65(45-31-34-57-53-23-9-7-19-49(53)51-21-11-13-25-55(51)60(57)38-45)46-32-35-58-61-36-42-16-4-5-17-47(42)63(64(61)66-62(58)39-46)43-28-33-56-52-22-8-6-18-48(52)50-20-10-12-24-54(50)59(56)37-43/h1-39H. The minimum atomic E-state index is 0.847. The smallest absolute Gasteiger partial charge is 0.143 e. The molecule has 66 heavy (non-hydrogen) atoms. The SMILES string of the molecule is c1ccc(-c2ccc(N(c3ccc4c(c3)oc3c(-c5ccc6c7ccccc7c7ccccc7c6c5)c5ccccc5cc34)c3ccc4c5ccccc5c5ccccc5c4c3)cc2)cc1. The van der Waals surface area contributed by atoms with Crippen LogP contribution in [0.1, 0.15) is 0 Å². The molecule has 1 heterocycles. The van der Waals surface area contributed by atoms with Gasteiger partial charge in [0, 0.05) is 39.5 Å². The molecule has 0 saturated heterocycles. The topological polar surface area (TPSA) is 16.4 Å². The molecule has 2 heteroatoms. The molecule has 0 spiro atoms. The van der Waals surface area contributed by atoms with Gasteiger partial charge in [-0.3, -0.25) is 0 Å².